The lowest BCUT2D eigenvalue weighted by Gasteiger charge is -2.34. The van der Waals surface area contributed by atoms with Gasteiger partial charge in [0, 0.05) is 23.5 Å². The molecule has 3 N–H and O–H groups in total. The predicted octanol–water partition coefficient (Wildman–Crippen LogP) is 4.43. The van der Waals surface area contributed by atoms with Crippen molar-refractivity contribution in [3.63, 3.8) is 0 Å². The second-order valence-corrected chi connectivity index (χ2v) is 11.8. The van der Waals surface area contributed by atoms with Gasteiger partial charge in [0.1, 0.15) is 5.00 Å². The van der Waals surface area contributed by atoms with Gasteiger partial charge in [-0.2, -0.15) is 4.31 Å². The summed E-state index contributed by atoms with van der Waals surface area (Å²) < 4.78 is 27.7. The van der Waals surface area contributed by atoms with Gasteiger partial charge in [0.25, 0.3) is 11.8 Å². The van der Waals surface area contributed by atoms with Gasteiger partial charge in [0.2, 0.25) is 10.0 Å². The number of nitrogens with one attached hydrogen (secondary N) is 1. The van der Waals surface area contributed by atoms with Gasteiger partial charge in [-0.15, -0.1) is 11.3 Å². The molecule has 4 rings (SSSR count). The number of thiophene rings is 1. The Hall–Kier alpha value is -3.01. The zero-order valence-electron chi connectivity index (χ0n) is 19.0. The van der Waals surface area contributed by atoms with Crippen LogP contribution in [0.2, 0.25) is 0 Å². The number of sulfonamides is 1. The zero-order valence-corrected chi connectivity index (χ0v) is 20.7. The van der Waals surface area contributed by atoms with E-state index in [0.717, 1.165) is 16.9 Å². The Kier molecular flexibility index (Phi) is 6.88. The molecule has 1 saturated heterocycles. The first-order valence-electron chi connectivity index (χ1n) is 11.1. The van der Waals surface area contributed by atoms with Crippen LogP contribution < -0.4 is 11.1 Å². The summed E-state index contributed by atoms with van der Waals surface area (Å²) in [5.41, 5.74) is 6.94. The van der Waals surface area contributed by atoms with E-state index in [-0.39, 0.29) is 16.0 Å². The topological polar surface area (TPSA) is 110 Å². The smallest absolute Gasteiger partial charge is 0.256 e. The summed E-state index contributed by atoms with van der Waals surface area (Å²) in [5.74, 6) is -0.488. The van der Waals surface area contributed by atoms with Crippen LogP contribution in [0.1, 0.15) is 41.0 Å². The van der Waals surface area contributed by atoms with Crippen LogP contribution in [0.5, 0.6) is 0 Å². The van der Waals surface area contributed by atoms with Gasteiger partial charge in [-0.3, -0.25) is 9.59 Å². The number of anilines is 1. The Labute approximate surface area is 203 Å². The summed E-state index contributed by atoms with van der Waals surface area (Å²) in [6.07, 6.45) is 1.01. The summed E-state index contributed by atoms with van der Waals surface area (Å²) in [5, 5.41) is 3.10. The molecule has 9 heteroatoms. The number of piperidine rings is 1. The molecule has 0 saturated carbocycles. The van der Waals surface area contributed by atoms with Crippen LogP contribution in [0.15, 0.2) is 65.6 Å². The first kappa shape index (κ1) is 24.1. The standard InChI is InChI=1S/C25H27N3O4S2/c1-16-12-17(2)15-28(14-16)34(31,32)20-10-8-19(9-11-20)24(30)27-25-21(23(26)29)13-22(33-25)18-6-4-3-5-7-18/h3-11,13,16-17H,12,14-15H2,1-2H3,(H2,26,29)(H,27,30). The fourth-order valence-electron chi connectivity index (χ4n) is 4.32. The van der Waals surface area contributed by atoms with Gasteiger partial charge in [0.05, 0.1) is 10.5 Å². The molecule has 1 fully saturated rings. The molecule has 3 aromatic rings. The van der Waals surface area contributed by atoms with Crippen LogP contribution in [-0.2, 0) is 10.0 Å². The van der Waals surface area contributed by atoms with Crippen LogP contribution in [0.3, 0.4) is 0 Å². The number of hydrogen-bond acceptors (Lipinski definition) is 5. The van der Waals surface area contributed by atoms with E-state index in [9.17, 15) is 18.0 Å². The van der Waals surface area contributed by atoms with Crippen molar-refractivity contribution < 1.29 is 18.0 Å². The van der Waals surface area contributed by atoms with Crippen molar-refractivity contribution in [1.82, 2.24) is 4.31 Å². The lowest BCUT2D eigenvalue weighted by Crippen LogP contribution is -2.42. The van der Waals surface area contributed by atoms with E-state index >= 15 is 0 Å². The number of hydrogen-bond donors (Lipinski definition) is 2. The Morgan fingerprint density at radius 1 is 1.00 bits per heavy atom. The van der Waals surface area contributed by atoms with E-state index in [2.05, 4.69) is 19.2 Å². The van der Waals surface area contributed by atoms with Crippen molar-refractivity contribution >= 4 is 38.2 Å². The molecule has 0 spiro atoms. The minimum atomic E-state index is -3.63. The van der Waals surface area contributed by atoms with E-state index in [0.29, 0.717) is 29.9 Å². The predicted molar refractivity (Wildman–Crippen MR) is 134 cm³/mol. The third-order valence-electron chi connectivity index (χ3n) is 5.87. The fraction of sp³-hybridized carbons (Fsp3) is 0.280. The third kappa shape index (κ3) is 5.06. The number of nitrogens with zero attached hydrogens (tertiary/aromatic N) is 1. The molecule has 178 valence electrons. The van der Waals surface area contributed by atoms with Crippen molar-refractivity contribution in [2.75, 3.05) is 18.4 Å². The maximum absolute atomic E-state index is 13.1. The normalized spacial score (nSPS) is 19.0. The minimum Gasteiger partial charge on any atom is -0.366 e. The minimum absolute atomic E-state index is 0.158. The van der Waals surface area contributed by atoms with Crippen molar-refractivity contribution in [2.45, 2.75) is 25.2 Å². The van der Waals surface area contributed by atoms with E-state index in [1.54, 1.807) is 6.07 Å². The van der Waals surface area contributed by atoms with Gasteiger partial charge in [-0.25, -0.2) is 8.42 Å². The molecule has 1 aliphatic rings. The van der Waals surface area contributed by atoms with Gasteiger partial charge in [0.15, 0.2) is 0 Å². The van der Waals surface area contributed by atoms with Gasteiger partial charge >= 0.3 is 0 Å². The maximum Gasteiger partial charge on any atom is 0.256 e. The first-order valence-corrected chi connectivity index (χ1v) is 13.3. The summed E-state index contributed by atoms with van der Waals surface area (Å²) in [7, 11) is -3.63. The van der Waals surface area contributed by atoms with Crippen molar-refractivity contribution in [2.24, 2.45) is 17.6 Å². The molecular weight excluding hydrogens is 470 g/mol. The molecule has 2 heterocycles. The van der Waals surface area contributed by atoms with Gasteiger partial charge < -0.3 is 11.1 Å². The second-order valence-electron chi connectivity index (χ2n) is 8.83. The lowest BCUT2D eigenvalue weighted by atomic mass is 9.94. The van der Waals surface area contributed by atoms with E-state index in [1.807, 2.05) is 30.3 Å². The average Bonchev–Trinajstić information content (AvgIpc) is 3.23. The number of nitrogens with two attached hydrogens (primary N) is 1. The van der Waals surface area contributed by atoms with Crippen molar-refractivity contribution in [3.8, 4) is 10.4 Å². The summed E-state index contributed by atoms with van der Waals surface area (Å²) in [4.78, 5) is 25.8. The largest absolute Gasteiger partial charge is 0.366 e. The Morgan fingerprint density at radius 3 is 2.21 bits per heavy atom. The zero-order chi connectivity index (χ0) is 24.5. The molecular formula is C25H27N3O4S2. The molecule has 2 unspecified atom stereocenters. The molecule has 0 radical (unpaired) electrons. The van der Waals surface area contributed by atoms with Crippen LogP contribution in [0.25, 0.3) is 10.4 Å². The Bertz CT molecular complexity index is 1290. The number of rotatable bonds is 6. The number of amides is 2. The Balaban J connectivity index is 1.54. The quantitative estimate of drug-likeness (QED) is 0.525. The number of benzene rings is 2. The van der Waals surface area contributed by atoms with Crippen LogP contribution in [-0.4, -0.2) is 37.6 Å². The molecule has 2 atom stereocenters. The lowest BCUT2D eigenvalue weighted by molar-refractivity contribution is 0.100. The highest BCUT2D eigenvalue weighted by Gasteiger charge is 2.31. The average molecular weight is 498 g/mol. The molecule has 34 heavy (non-hydrogen) atoms. The van der Waals surface area contributed by atoms with Crippen molar-refractivity contribution in [3.05, 3.63) is 71.8 Å². The van der Waals surface area contributed by atoms with E-state index in [1.165, 1.54) is 39.9 Å². The molecule has 0 bridgehead atoms. The number of carbonyl (C=O) groups is 2. The highest BCUT2D eigenvalue weighted by Crippen LogP contribution is 2.35. The molecule has 2 amide bonds. The maximum atomic E-state index is 13.1. The molecule has 1 aromatic heterocycles. The monoisotopic (exact) mass is 497 g/mol. The molecule has 7 nitrogen and oxygen atoms in total. The van der Waals surface area contributed by atoms with Crippen LogP contribution in [0.4, 0.5) is 5.00 Å². The fourth-order valence-corrected chi connectivity index (χ4v) is 7.06. The molecule has 1 aliphatic heterocycles. The van der Waals surface area contributed by atoms with Crippen LogP contribution >= 0.6 is 11.3 Å². The van der Waals surface area contributed by atoms with E-state index < -0.39 is 21.8 Å². The number of carbonyl (C=O) groups excluding carboxylic acids is 2. The van der Waals surface area contributed by atoms with Gasteiger partial charge in [-0.1, -0.05) is 44.2 Å². The Morgan fingerprint density at radius 2 is 1.62 bits per heavy atom. The molecule has 2 aromatic carbocycles. The van der Waals surface area contributed by atoms with E-state index in [4.69, 9.17) is 5.73 Å². The summed E-state index contributed by atoms with van der Waals surface area (Å²) in [6, 6.07) is 17.0. The molecule has 0 aliphatic carbocycles. The SMILES string of the molecule is CC1CC(C)CN(S(=O)(=O)c2ccc(C(=O)Nc3sc(-c4ccccc4)cc3C(N)=O)cc2)C1. The van der Waals surface area contributed by atoms with Gasteiger partial charge in [-0.05, 0) is 54.2 Å². The highest BCUT2D eigenvalue weighted by atomic mass is 32.2. The summed E-state index contributed by atoms with van der Waals surface area (Å²) >= 11 is 1.26. The summed E-state index contributed by atoms with van der Waals surface area (Å²) in [6.45, 7) is 5.10. The first-order chi connectivity index (χ1) is 16.1. The highest BCUT2D eigenvalue weighted by molar-refractivity contribution is 7.89. The van der Waals surface area contributed by atoms with Crippen molar-refractivity contribution in [1.29, 1.82) is 0 Å². The van der Waals surface area contributed by atoms with Crippen LogP contribution in [0, 0.1) is 11.8 Å². The number of primary amides is 1. The third-order valence-corrected chi connectivity index (χ3v) is 8.82. The second kappa shape index (κ2) is 9.69.